The van der Waals surface area contributed by atoms with Crippen LogP contribution >= 0.6 is 0 Å². The Morgan fingerprint density at radius 2 is 1.29 bits per heavy atom. The van der Waals surface area contributed by atoms with Crippen LogP contribution in [0.1, 0.15) is 25.7 Å². The molecule has 1 aliphatic rings. The number of hydrogen-bond acceptors (Lipinski definition) is 7. The Hall–Kier alpha value is -2.31. The van der Waals surface area contributed by atoms with Crippen LogP contribution in [-0.4, -0.2) is 44.3 Å². The largest absolute Gasteiger partial charge is 0.511 e. The predicted molar refractivity (Wildman–Crippen MR) is 71.2 cm³/mol. The van der Waals surface area contributed by atoms with E-state index in [9.17, 15) is 19.5 Å². The van der Waals surface area contributed by atoms with Gasteiger partial charge >= 0.3 is 17.9 Å². The van der Waals surface area contributed by atoms with E-state index in [1.165, 1.54) is 7.11 Å². The van der Waals surface area contributed by atoms with Gasteiger partial charge in [0.2, 0.25) is 0 Å². The second-order valence-electron chi connectivity index (χ2n) is 4.36. The van der Waals surface area contributed by atoms with Crippen molar-refractivity contribution >= 4 is 17.9 Å². The molecule has 0 fully saturated rings. The SMILES string of the molecule is COC(=O)/C1=C(C(=O)OC)/C(C(=O)OC)=C(/O)CCCC1. The molecule has 0 aromatic carbocycles. The van der Waals surface area contributed by atoms with Crippen molar-refractivity contribution in [1.82, 2.24) is 0 Å². The zero-order valence-corrected chi connectivity index (χ0v) is 12.2. The number of hydrogen-bond donors (Lipinski definition) is 1. The van der Waals surface area contributed by atoms with Gasteiger partial charge in [-0.05, 0) is 19.3 Å². The molecule has 1 aliphatic carbocycles. The van der Waals surface area contributed by atoms with E-state index in [2.05, 4.69) is 14.2 Å². The molecular formula is C14H18O7. The Morgan fingerprint density at radius 3 is 1.81 bits per heavy atom. The maximum Gasteiger partial charge on any atom is 0.342 e. The average Bonchev–Trinajstić information content (AvgIpc) is 2.49. The second kappa shape index (κ2) is 7.47. The summed E-state index contributed by atoms with van der Waals surface area (Å²) in [4.78, 5) is 35.8. The number of aliphatic hydroxyl groups excluding tert-OH is 1. The molecule has 116 valence electrons. The van der Waals surface area contributed by atoms with Gasteiger partial charge < -0.3 is 19.3 Å². The number of rotatable bonds is 3. The maximum absolute atomic E-state index is 12.0. The highest BCUT2D eigenvalue weighted by molar-refractivity contribution is 6.12. The van der Waals surface area contributed by atoms with Gasteiger partial charge in [-0.1, -0.05) is 0 Å². The lowest BCUT2D eigenvalue weighted by atomic mass is 9.91. The van der Waals surface area contributed by atoms with E-state index in [1.807, 2.05) is 0 Å². The van der Waals surface area contributed by atoms with Gasteiger partial charge in [-0.15, -0.1) is 0 Å². The number of esters is 3. The van der Waals surface area contributed by atoms with Gasteiger partial charge in [0, 0.05) is 6.42 Å². The van der Waals surface area contributed by atoms with Crippen LogP contribution in [0.4, 0.5) is 0 Å². The minimum Gasteiger partial charge on any atom is -0.511 e. The van der Waals surface area contributed by atoms with E-state index in [0.29, 0.717) is 12.8 Å². The summed E-state index contributed by atoms with van der Waals surface area (Å²) in [7, 11) is 3.41. The third-order valence-electron chi connectivity index (χ3n) is 3.14. The second-order valence-corrected chi connectivity index (χ2v) is 4.36. The molecule has 0 heterocycles. The highest BCUT2D eigenvalue weighted by Crippen LogP contribution is 2.29. The fourth-order valence-corrected chi connectivity index (χ4v) is 2.12. The zero-order valence-electron chi connectivity index (χ0n) is 12.2. The van der Waals surface area contributed by atoms with Crippen molar-refractivity contribution in [2.75, 3.05) is 21.3 Å². The Bertz CT molecular complexity index is 513. The number of carbonyl (C=O) groups is 3. The molecule has 0 aliphatic heterocycles. The van der Waals surface area contributed by atoms with Crippen LogP contribution in [0.3, 0.4) is 0 Å². The molecule has 0 spiro atoms. The first-order chi connectivity index (χ1) is 9.97. The molecule has 0 saturated heterocycles. The van der Waals surface area contributed by atoms with Crippen LogP contribution in [0.15, 0.2) is 22.5 Å². The topological polar surface area (TPSA) is 99.1 Å². The lowest BCUT2D eigenvalue weighted by molar-refractivity contribution is -0.141. The average molecular weight is 298 g/mol. The molecule has 1 rings (SSSR count). The Morgan fingerprint density at radius 1 is 0.810 bits per heavy atom. The van der Waals surface area contributed by atoms with Crippen molar-refractivity contribution in [2.24, 2.45) is 0 Å². The van der Waals surface area contributed by atoms with E-state index < -0.39 is 17.9 Å². The van der Waals surface area contributed by atoms with Gasteiger partial charge in [-0.3, -0.25) is 0 Å². The molecule has 7 heteroatoms. The molecule has 0 aromatic heterocycles. The van der Waals surface area contributed by atoms with Crippen LogP contribution in [0, 0.1) is 0 Å². The fourth-order valence-electron chi connectivity index (χ4n) is 2.12. The maximum atomic E-state index is 12.0. The minimum absolute atomic E-state index is 0.00370. The third kappa shape index (κ3) is 3.62. The number of aliphatic hydroxyl groups is 1. The van der Waals surface area contributed by atoms with Crippen molar-refractivity contribution in [1.29, 1.82) is 0 Å². The summed E-state index contributed by atoms with van der Waals surface area (Å²) in [6, 6.07) is 0. The lowest BCUT2D eigenvalue weighted by Gasteiger charge is -2.18. The number of methoxy groups -OCH3 is 3. The first-order valence-electron chi connectivity index (χ1n) is 6.38. The van der Waals surface area contributed by atoms with Gasteiger partial charge in [0.1, 0.15) is 11.3 Å². The van der Waals surface area contributed by atoms with Crippen molar-refractivity contribution in [2.45, 2.75) is 25.7 Å². The molecule has 0 bridgehead atoms. The van der Waals surface area contributed by atoms with Gasteiger partial charge in [-0.2, -0.15) is 0 Å². The number of allylic oxidation sites excluding steroid dienone is 1. The summed E-state index contributed by atoms with van der Waals surface area (Å²) in [6.07, 6.45) is 1.56. The summed E-state index contributed by atoms with van der Waals surface area (Å²) in [5.74, 6) is -2.85. The van der Waals surface area contributed by atoms with E-state index in [0.717, 1.165) is 14.2 Å². The predicted octanol–water partition coefficient (Wildman–Crippen LogP) is 1.19. The first kappa shape index (κ1) is 16.7. The van der Waals surface area contributed by atoms with Crippen LogP contribution in [0.2, 0.25) is 0 Å². The third-order valence-corrected chi connectivity index (χ3v) is 3.14. The van der Waals surface area contributed by atoms with Gasteiger partial charge in [0.25, 0.3) is 0 Å². The lowest BCUT2D eigenvalue weighted by Crippen LogP contribution is -2.23. The summed E-state index contributed by atoms with van der Waals surface area (Å²) in [6.45, 7) is 0. The molecule has 1 N–H and O–H groups in total. The summed E-state index contributed by atoms with van der Waals surface area (Å²) in [5.41, 5.74) is -0.645. The summed E-state index contributed by atoms with van der Waals surface area (Å²) in [5, 5.41) is 10.0. The van der Waals surface area contributed by atoms with Crippen molar-refractivity contribution in [3.05, 3.63) is 22.5 Å². The molecular weight excluding hydrogens is 280 g/mol. The van der Waals surface area contributed by atoms with Gasteiger partial charge in [-0.25, -0.2) is 14.4 Å². The number of ether oxygens (including phenoxy) is 3. The molecule has 0 unspecified atom stereocenters. The smallest absolute Gasteiger partial charge is 0.342 e. The molecule has 0 amide bonds. The molecule has 0 saturated carbocycles. The normalized spacial score (nSPS) is 22.8. The standard InChI is InChI=1S/C14H18O7/c1-19-12(16)8-6-4-5-7-9(15)11(14(18)21-3)10(8)13(17)20-2/h15H,4-7H2,1-3H3/b10-8-,11-9-. The van der Waals surface area contributed by atoms with Crippen molar-refractivity contribution in [3.63, 3.8) is 0 Å². The zero-order chi connectivity index (χ0) is 16.0. The van der Waals surface area contributed by atoms with Crippen molar-refractivity contribution < 1.29 is 33.7 Å². The quantitative estimate of drug-likeness (QED) is 0.617. The monoisotopic (exact) mass is 298 g/mol. The van der Waals surface area contributed by atoms with Gasteiger partial charge in [0.15, 0.2) is 0 Å². The van der Waals surface area contributed by atoms with E-state index >= 15 is 0 Å². The Balaban J connectivity index is 3.61. The van der Waals surface area contributed by atoms with E-state index in [4.69, 9.17) is 0 Å². The van der Waals surface area contributed by atoms with Crippen LogP contribution in [0.25, 0.3) is 0 Å². The van der Waals surface area contributed by atoms with Gasteiger partial charge in [0.05, 0.1) is 32.5 Å². The van der Waals surface area contributed by atoms with Crippen molar-refractivity contribution in [3.8, 4) is 0 Å². The highest BCUT2D eigenvalue weighted by atomic mass is 16.5. The molecule has 7 nitrogen and oxygen atoms in total. The Labute approximate surface area is 122 Å². The minimum atomic E-state index is -0.906. The Kier molecular flexibility index (Phi) is 5.95. The van der Waals surface area contributed by atoms with Crippen LogP contribution in [-0.2, 0) is 28.6 Å². The highest BCUT2D eigenvalue weighted by Gasteiger charge is 2.33. The fraction of sp³-hybridized carbons (Fsp3) is 0.500. The summed E-state index contributed by atoms with van der Waals surface area (Å²) < 4.78 is 13.9. The molecule has 0 atom stereocenters. The number of carbonyl (C=O) groups excluding carboxylic acids is 3. The molecule has 0 radical (unpaired) electrons. The van der Waals surface area contributed by atoms with Crippen LogP contribution < -0.4 is 0 Å². The van der Waals surface area contributed by atoms with Crippen LogP contribution in [0.5, 0.6) is 0 Å². The van der Waals surface area contributed by atoms with E-state index in [1.54, 1.807) is 0 Å². The van der Waals surface area contributed by atoms with E-state index in [-0.39, 0.29) is 35.3 Å². The first-order valence-corrected chi connectivity index (χ1v) is 6.38. The molecule has 0 aromatic rings. The molecule has 21 heavy (non-hydrogen) atoms. The summed E-state index contributed by atoms with van der Waals surface area (Å²) >= 11 is 0.